The molecule has 0 bridgehead atoms. The number of carbonyl (C=O) groups excluding carboxylic acids is 1. The van der Waals surface area contributed by atoms with Gasteiger partial charge in [0.15, 0.2) is 5.79 Å². The van der Waals surface area contributed by atoms with Gasteiger partial charge in [-0.2, -0.15) is 0 Å². The van der Waals surface area contributed by atoms with Crippen molar-refractivity contribution in [2.45, 2.75) is 31.7 Å². The summed E-state index contributed by atoms with van der Waals surface area (Å²) in [5, 5.41) is 7.02. The molecule has 0 amide bonds. The van der Waals surface area contributed by atoms with Crippen molar-refractivity contribution in [1.29, 1.82) is 0 Å². The lowest BCUT2D eigenvalue weighted by Crippen LogP contribution is -2.43. The van der Waals surface area contributed by atoms with Crippen molar-refractivity contribution in [3.05, 3.63) is 60.2 Å². The first-order chi connectivity index (χ1) is 13.0. The van der Waals surface area contributed by atoms with E-state index < -0.39 is 5.79 Å². The maximum atomic E-state index is 11.6. The quantitative estimate of drug-likeness (QED) is 0.785. The topological polar surface area (TPSA) is 68.8 Å². The SMILES string of the molecule is COC(=O)c1ccc(N[C@@H]2COC(C)(C)OC[C@H]2Nc2ccccc2)cc1. The predicted molar refractivity (Wildman–Crippen MR) is 105 cm³/mol. The molecule has 0 spiro atoms. The molecule has 1 heterocycles. The van der Waals surface area contributed by atoms with E-state index in [0.717, 1.165) is 11.4 Å². The summed E-state index contributed by atoms with van der Waals surface area (Å²) in [7, 11) is 1.37. The van der Waals surface area contributed by atoms with Gasteiger partial charge in [0.05, 0.1) is 38.0 Å². The zero-order valence-electron chi connectivity index (χ0n) is 15.9. The summed E-state index contributed by atoms with van der Waals surface area (Å²) < 4.78 is 16.6. The molecule has 6 heteroatoms. The highest BCUT2D eigenvalue weighted by atomic mass is 16.7. The lowest BCUT2D eigenvalue weighted by Gasteiger charge is -2.27. The van der Waals surface area contributed by atoms with Gasteiger partial charge in [0, 0.05) is 11.4 Å². The number of methoxy groups -OCH3 is 1. The van der Waals surface area contributed by atoms with Crippen LogP contribution in [0.25, 0.3) is 0 Å². The summed E-state index contributed by atoms with van der Waals surface area (Å²) in [5.41, 5.74) is 2.44. The normalized spacial score (nSPS) is 21.7. The van der Waals surface area contributed by atoms with E-state index in [0.29, 0.717) is 18.8 Å². The number of esters is 1. The van der Waals surface area contributed by atoms with Gasteiger partial charge in [-0.15, -0.1) is 0 Å². The molecule has 3 rings (SSSR count). The third-order valence-corrected chi connectivity index (χ3v) is 4.49. The number of carbonyl (C=O) groups is 1. The monoisotopic (exact) mass is 370 g/mol. The number of anilines is 2. The summed E-state index contributed by atoms with van der Waals surface area (Å²) in [4.78, 5) is 11.6. The van der Waals surface area contributed by atoms with Crippen LogP contribution in [-0.2, 0) is 14.2 Å². The minimum atomic E-state index is -0.637. The molecule has 0 unspecified atom stereocenters. The van der Waals surface area contributed by atoms with E-state index in [9.17, 15) is 4.79 Å². The predicted octanol–water partition coefficient (Wildman–Crippen LogP) is 3.52. The zero-order valence-corrected chi connectivity index (χ0v) is 15.9. The summed E-state index contributed by atoms with van der Waals surface area (Å²) in [5.74, 6) is -0.986. The van der Waals surface area contributed by atoms with Crippen LogP contribution in [0.3, 0.4) is 0 Å². The molecule has 1 aliphatic heterocycles. The fourth-order valence-corrected chi connectivity index (χ4v) is 2.92. The van der Waals surface area contributed by atoms with Crippen LogP contribution in [0.1, 0.15) is 24.2 Å². The Bertz CT molecular complexity index is 747. The molecule has 0 aromatic heterocycles. The number of nitrogens with one attached hydrogen (secondary N) is 2. The maximum Gasteiger partial charge on any atom is 0.337 e. The molecule has 1 aliphatic rings. The average molecular weight is 370 g/mol. The van der Waals surface area contributed by atoms with Crippen molar-refractivity contribution in [2.24, 2.45) is 0 Å². The Morgan fingerprint density at radius 3 is 1.96 bits per heavy atom. The molecule has 2 atom stereocenters. The van der Waals surface area contributed by atoms with Gasteiger partial charge in [-0.1, -0.05) is 18.2 Å². The molecule has 27 heavy (non-hydrogen) atoms. The standard InChI is InChI=1S/C21H26N2O4/c1-21(2)26-13-18(22-16-7-5-4-6-8-16)19(14-27-21)23-17-11-9-15(10-12-17)20(24)25-3/h4-12,18-19,22-23H,13-14H2,1-3H3/t18-,19-/m1/s1. The zero-order chi connectivity index (χ0) is 19.3. The number of rotatable bonds is 5. The van der Waals surface area contributed by atoms with Crippen molar-refractivity contribution < 1.29 is 19.0 Å². The number of hydrogen-bond acceptors (Lipinski definition) is 6. The second-order valence-electron chi connectivity index (χ2n) is 6.96. The van der Waals surface area contributed by atoms with Crippen molar-refractivity contribution >= 4 is 17.3 Å². The number of hydrogen-bond donors (Lipinski definition) is 2. The average Bonchev–Trinajstić information content (AvgIpc) is 2.82. The Morgan fingerprint density at radius 1 is 0.926 bits per heavy atom. The van der Waals surface area contributed by atoms with Crippen LogP contribution in [0, 0.1) is 0 Å². The lowest BCUT2D eigenvalue weighted by atomic mass is 10.1. The van der Waals surface area contributed by atoms with E-state index >= 15 is 0 Å². The third-order valence-electron chi connectivity index (χ3n) is 4.49. The maximum absolute atomic E-state index is 11.6. The van der Waals surface area contributed by atoms with E-state index in [1.165, 1.54) is 7.11 Å². The molecule has 0 saturated carbocycles. The van der Waals surface area contributed by atoms with Gasteiger partial charge in [0.1, 0.15) is 0 Å². The highest BCUT2D eigenvalue weighted by Crippen LogP contribution is 2.22. The van der Waals surface area contributed by atoms with Gasteiger partial charge >= 0.3 is 5.97 Å². The number of para-hydroxylation sites is 1. The Balaban J connectivity index is 1.75. The molecule has 2 N–H and O–H groups in total. The van der Waals surface area contributed by atoms with Crippen molar-refractivity contribution in [3.63, 3.8) is 0 Å². The van der Waals surface area contributed by atoms with Crippen LogP contribution >= 0.6 is 0 Å². The molecular formula is C21H26N2O4. The number of ether oxygens (including phenoxy) is 3. The Kier molecular flexibility index (Phi) is 5.98. The Hall–Kier alpha value is -2.57. The largest absolute Gasteiger partial charge is 0.465 e. The van der Waals surface area contributed by atoms with Gasteiger partial charge < -0.3 is 24.8 Å². The van der Waals surface area contributed by atoms with Gasteiger partial charge in [-0.25, -0.2) is 4.79 Å². The highest BCUT2D eigenvalue weighted by molar-refractivity contribution is 5.89. The summed E-state index contributed by atoms with van der Waals surface area (Å²) in [6, 6.07) is 17.2. The van der Waals surface area contributed by atoms with Gasteiger partial charge in [0.2, 0.25) is 0 Å². The molecule has 2 aromatic carbocycles. The molecular weight excluding hydrogens is 344 g/mol. The van der Waals surface area contributed by atoms with E-state index in [4.69, 9.17) is 14.2 Å². The first-order valence-electron chi connectivity index (χ1n) is 9.01. The van der Waals surface area contributed by atoms with Crippen molar-refractivity contribution in [2.75, 3.05) is 31.0 Å². The van der Waals surface area contributed by atoms with Crippen LogP contribution in [0.2, 0.25) is 0 Å². The first kappa shape index (κ1) is 19.2. The molecule has 1 saturated heterocycles. The van der Waals surface area contributed by atoms with Crippen molar-refractivity contribution in [1.82, 2.24) is 0 Å². The van der Waals surface area contributed by atoms with Crippen molar-refractivity contribution in [3.8, 4) is 0 Å². The summed E-state index contributed by atoms with van der Waals surface area (Å²) in [6.07, 6.45) is 0. The number of benzene rings is 2. The van der Waals surface area contributed by atoms with E-state index in [2.05, 4.69) is 10.6 Å². The van der Waals surface area contributed by atoms with E-state index in [-0.39, 0.29) is 18.1 Å². The summed E-state index contributed by atoms with van der Waals surface area (Å²) in [6.45, 7) is 4.82. The van der Waals surface area contributed by atoms with Gasteiger partial charge in [0.25, 0.3) is 0 Å². The molecule has 1 fully saturated rings. The second kappa shape index (κ2) is 8.41. The van der Waals surface area contributed by atoms with Crippen LogP contribution in [0.15, 0.2) is 54.6 Å². The fraction of sp³-hybridized carbons (Fsp3) is 0.381. The molecule has 0 radical (unpaired) electrons. The molecule has 0 aliphatic carbocycles. The Labute approximate surface area is 159 Å². The van der Waals surface area contributed by atoms with Gasteiger partial charge in [-0.05, 0) is 50.2 Å². The van der Waals surface area contributed by atoms with E-state index in [1.807, 2.05) is 56.3 Å². The molecule has 2 aromatic rings. The van der Waals surface area contributed by atoms with Gasteiger partial charge in [-0.3, -0.25) is 0 Å². The molecule has 6 nitrogen and oxygen atoms in total. The molecule has 144 valence electrons. The minimum absolute atomic E-state index is 0.00876. The third kappa shape index (κ3) is 5.21. The van der Waals surface area contributed by atoms with Crippen LogP contribution in [0.4, 0.5) is 11.4 Å². The first-order valence-corrected chi connectivity index (χ1v) is 9.01. The van der Waals surface area contributed by atoms with Crippen LogP contribution in [0.5, 0.6) is 0 Å². The minimum Gasteiger partial charge on any atom is -0.465 e. The fourth-order valence-electron chi connectivity index (χ4n) is 2.92. The highest BCUT2D eigenvalue weighted by Gasteiger charge is 2.32. The Morgan fingerprint density at radius 2 is 1.44 bits per heavy atom. The van der Waals surface area contributed by atoms with Crippen LogP contribution in [-0.4, -0.2) is 44.2 Å². The lowest BCUT2D eigenvalue weighted by molar-refractivity contribution is -0.200. The summed E-state index contributed by atoms with van der Waals surface area (Å²) >= 11 is 0. The second-order valence-corrected chi connectivity index (χ2v) is 6.96. The van der Waals surface area contributed by atoms with E-state index in [1.54, 1.807) is 12.1 Å². The smallest absolute Gasteiger partial charge is 0.337 e. The van der Waals surface area contributed by atoms with Crippen LogP contribution < -0.4 is 10.6 Å².